The summed E-state index contributed by atoms with van der Waals surface area (Å²) in [6.07, 6.45) is 2.11. The number of aryl methyl sites for hydroxylation is 1. The van der Waals surface area contributed by atoms with Gasteiger partial charge in [-0.05, 0) is 47.6 Å². The van der Waals surface area contributed by atoms with Crippen molar-refractivity contribution in [3.8, 4) is 11.5 Å². The van der Waals surface area contributed by atoms with Crippen molar-refractivity contribution in [2.24, 2.45) is 0 Å². The summed E-state index contributed by atoms with van der Waals surface area (Å²) in [5, 5.41) is 1.24. The van der Waals surface area contributed by atoms with Crippen molar-refractivity contribution >= 4 is 10.9 Å². The fourth-order valence-corrected chi connectivity index (χ4v) is 3.25. The molecule has 0 bridgehead atoms. The summed E-state index contributed by atoms with van der Waals surface area (Å²) in [6, 6.07) is 19.0. The van der Waals surface area contributed by atoms with Crippen molar-refractivity contribution in [1.29, 1.82) is 0 Å². The molecule has 26 heavy (non-hydrogen) atoms. The quantitative estimate of drug-likeness (QED) is 0.460. The smallest absolute Gasteiger partial charge is 0.226 e. The lowest BCUT2D eigenvalue weighted by Crippen LogP contribution is -2.10. The second-order valence-electron chi connectivity index (χ2n) is 7.85. The number of fused-ring (bicyclic) bond motifs is 1. The first kappa shape index (κ1) is 16.6. The highest BCUT2D eigenvalue weighted by Gasteiger charge is 2.16. The summed E-state index contributed by atoms with van der Waals surface area (Å²) in [5.41, 5.74) is 4.66. The molecule has 0 saturated carbocycles. The topological polar surface area (TPSA) is 31.0 Å². The molecule has 0 aliphatic heterocycles. The molecule has 0 spiro atoms. The molecule has 0 amide bonds. The Bertz CT molecular complexity index is 1050. The van der Waals surface area contributed by atoms with Gasteiger partial charge < -0.3 is 8.98 Å². The Morgan fingerprint density at radius 3 is 2.42 bits per heavy atom. The first-order valence-corrected chi connectivity index (χ1v) is 9.03. The zero-order valence-electron chi connectivity index (χ0n) is 15.8. The molecule has 4 aromatic rings. The molecular formula is C23H24N2O. The first-order valence-electron chi connectivity index (χ1n) is 9.03. The van der Waals surface area contributed by atoms with E-state index in [0.717, 1.165) is 17.0 Å². The van der Waals surface area contributed by atoms with Gasteiger partial charge in [0.05, 0.1) is 6.54 Å². The summed E-state index contributed by atoms with van der Waals surface area (Å²) >= 11 is 0. The number of hydrogen-bond donors (Lipinski definition) is 0. The molecular weight excluding hydrogens is 320 g/mol. The second kappa shape index (κ2) is 6.17. The van der Waals surface area contributed by atoms with E-state index in [1.54, 1.807) is 0 Å². The standard InChI is InChI=1S/C23H24N2O/c1-16-20(15-25-14-13-17-7-5-6-8-21(17)25)24-22(26-16)18-9-11-19(12-10-18)23(2,3)4/h5-14H,15H2,1-4H3. The van der Waals surface area contributed by atoms with Crippen LogP contribution >= 0.6 is 0 Å². The molecule has 0 aliphatic rings. The van der Waals surface area contributed by atoms with Gasteiger partial charge in [-0.2, -0.15) is 0 Å². The molecule has 3 heteroatoms. The van der Waals surface area contributed by atoms with E-state index in [-0.39, 0.29) is 5.41 Å². The molecule has 132 valence electrons. The lowest BCUT2D eigenvalue weighted by molar-refractivity contribution is 0.538. The largest absolute Gasteiger partial charge is 0.441 e. The molecule has 0 saturated heterocycles. The van der Waals surface area contributed by atoms with E-state index in [1.165, 1.54) is 16.5 Å². The van der Waals surface area contributed by atoms with Crippen LogP contribution in [0, 0.1) is 6.92 Å². The molecule has 0 fully saturated rings. The SMILES string of the molecule is Cc1oc(-c2ccc(C(C)(C)C)cc2)nc1Cn1ccc2ccccc21. The van der Waals surface area contributed by atoms with Crippen LogP contribution in [0.25, 0.3) is 22.4 Å². The lowest BCUT2D eigenvalue weighted by Gasteiger charge is -2.18. The van der Waals surface area contributed by atoms with E-state index in [4.69, 9.17) is 9.40 Å². The van der Waals surface area contributed by atoms with Crippen molar-refractivity contribution < 1.29 is 4.42 Å². The highest BCUT2D eigenvalue weighted by molar-refractivity contribution is 5.80. The van der Waals surface area contributed by atoms with E-state index in [2.05, 4.69) is 86.1 Å². The van der Waals surface area contributed by atoms with Gasteiger partial charge in [0.1, 0.15) is 11.5 Å². The molecule has 2 aromatic carbocycles. The molecule has 3 nitrogen and oxygen atoms in total. The molecule has 0 N–H and O–H groups in total. The first-order chi connectivity index (χ1) is 12.4. The Kier molecular flexibility index (Phi) is 3.95. The van der Waals surface area contributed by atoms with Crippen molar-refractivity contribution in [3.05, 3.63) is 77.8 Å². The molecule has 2 aromatic heterocycles. The van der Waals surface area contributed by atoms with Gasteiger partial charge in [0.2, 0.25) is 5.89 Å². The van der Waals surface area contributed by atoms with Crippen LogP contribution in [0.15, 0.2) is 65.2 Å². The van der Waals surface area contributed by atoms with Crippen molar-refractivity contribution in [3.63, 3.8) is 0 Å². The van der Waals surface area contributed by atoms with E-state index < -0.39 is 0 Å². The van der Waals surface area contributed by atoms with Crippen LogP contribution in [0.4, 0.5) is 0 Å². The average Bonchev–Trinajstić information content (AvgIpc) is 3.19. The Balaban J connectivity index is 1.63. The maximum Gasteiger partial charge on any atom is 0.226 e. The van der Waals surface area contributed by atoms with Gasteiger partial charge in [-0.1, -0.05) is 51.1 Å². The minimum absolute atomic E-state index is 0.145. The predicted molar refractivity (Wildman–Crippen MR) is 106 cm³/mol. The Labute approximate surface area is 154 Å². The van der Waals surface area contributed by atoms with Gasteiger partial charge in [-0.15, -0.1) is 0 Å². The van der Waals surface area contributed by atoms with Crippen molar-refractivity contribution in [2.45, 2.75) is 39.7 Å². The fraction of sp³-hybridized carbons (Fsp3) is 0.261. The van der Waals surface area contributed by atoms with Crippen LogP contribution in [0.1, 0.15) is 37.8 Å². The van der Waals surface area contributed by atoms with Crippen molar-refractivity contribution in [2.75, 3.05) is 0 Å². The highest BCUT2D eigenvalue weighted by Crippen LogP contribution is 2.27. The molecule has 0 aliphatic carbocycles. The third-order valence-corrected chi connectivity index (χ3v) is 4.89. The van der Waals surface area contributed by atoms with Crippen LogP contribution in [-0.2, 0) is 12.0 Å². The van der Waals surface area contributed by atoms with Gasteiger partial charge in [0, 0.05) is 17.3 Å². The summed E-state index contributed by atoms with van der Waals surface area (Å²) in [5.74, 6) is 1.56. The number of para-hydroxylation sites is 1. The summed E-state index contributed by atoms with van der Waals surface area (Å²) in [4.78, 5) is 4.77. The van der Waals surface area contributed by atoms with Gasteiger partial charge in [0.15, 0.2) is 0 Å². The third kappa shape index (κ3) is 3.05. The molecule has 2 heterocycles. The number of aromatic nitrogens is 2. The Morgan fingerprint density at radius 1 is 0.962 bits per heavy atom. The lowest BCUT2D eigenvalue weighted by atomic mass is 9.87. The van der Waals surface area contributed by atoms with Crippen LogP contribution in [0.2, 0.25) is 0 Å². The van der Waals surface area contributed by atoms with E-state index in [9.17, 15) is 0 Å². The third-order valence-electron chi connectivity index (χ3n) is 4.89. The number of nitrogens with zero attached hydrogens (tertiary/aromatic N) is 2. The summed E-state index contributed by atoms with van der Waals surface area (Å²) in [7, 11) is 0. The number of benzene rings is 2. The second-order valence-corrected chi connectivity index (χ2v) is 7.85. The Hall–Kier alpha value is -2.81. The normalized spacial score (nSPS) is 12.0. The van der Waals surface area contributed by atoms with Gasteiger partial charge in [-0.3, -0.25) is 0 Å². The van der Waals surface area contributed by atoms with Crippen LogP contribution in [0.3, 0.4) is 0 Å². The van der Waals surface area contributed by atoms with Crippen LogP contribution < -0.4 is 0 Å². The monoisotopic (exact) mass is 344 g/mol. The minimum Gasteiger partial charge on any atom is -0.441 e. The van der Waals surface area contributed by atoms with Gasteiger partial charge >= 0.3 is 0 Å². The number of hydrogen-bond acceptors (Lipinski definition) is 2. The predicted octanol–water partition coefficient (Wildman–Crippen LogP) is 5.95. The van der Waals surface area contributed by atoms with E-state index in [0.29, 0.717) is 12.4 Å². The number of rotatable bonds is 3. The molecule has 0 radical (unpaired) electrons. The fourth-order valence-electron chi connectivity index (χ4n) is 3.25. The van der Waals surface area contributed by atoms with E-state index >= 15 is 0 Å². The number of oxazole rings is 1. The van der Waals surface area contributed by atoms with Crippen LogP contribution in [0.5, 0.6) is 0 Å². The Morgan fingerprint density at radius 2 is 1.69 bits per heavy atom. The van der Waals surface area contributed by atoms with Crippen LogP contribution in [-0.4, -0.2) is 9.55 Å². The average molecular weight is 344 g/mol. The summed E-state index contributed by atoms with van der Waals surface area (Å²) < 4.78 is 8.18. The molecule has 0 atom stereocenters. The van der Waals surface area contributed by atoms with Crippen molar-refractivity contribution in [1.82, 2.24) is 9.55 Å². The zero-order valence-corrected chi connectivity index (χ0v) is 15.8. The zero-order chi connectivity index (χ0) is 18.3. The highest BCUT2D eigenvalue weighted by atomic mass is 16.4. The van der Waals surface area contributed by atoms with Gasteiger partial charge in [0.25, 0.3) is 0 Å². The van der Waals surface area contributed by atoms with E-state index in [1.807, 2.05) is 6.92 Å². The van der Waals surface area contributed by atoms with Gasteiger partial charge in [-0.25, -0.2) is 4.98 Å². The molecule has 4 rings (SSSR count). The molecule has 0 unspecified atom stereocenters. The summed E-state index contributed by atoms with van der Waals surface area (Å²) in [6.45, 7) is 9.36. The maximum atomic E-state index is 5.96. The minimum atomic E-state index is 0.145. The maximum absolute atomic E-state index is 5.96.